The molecule has 0 spiro atoms. The number of ketones is 7. The number of amides is 4. The molecule has 16 nitrogen and oxygen atoms in total. The molecule has 0 N–H and O–H groups in total. The molecule has 0 aliphatic carbocycles. The van der Waals surface area contributed by atoms with Gasteiger partial charge >= 0.3 is 0 Å². The van der Waals surface area contributed by atoms with Crippen molar-refractivity contribution in [2.24, 2.45) is 29.6 Å². The number of rotatable bonds is 45. The van der Waals surface area contributed by atoms with Crippen molar-refractivity contribution in [1.29, 1.82) is 0 Å². The van der Waals surface area contributed by atoms with Gasteiger partial charge in [0.25, 0.3) is 0 Å². The summed E-state index contributed by atoms with van der Waals surface area (Å²) >= 11 is 15.4. The van der Waals surface area contributed by atoms with Crippen molar-refractivity contribution >= 4 is 201 Å². The number of hydrogen-bond acceptors (Lipinski definition) is 24. The van der Waals surface area contributed by atoms with Crippen molar-refractivity contribution in [3.63, 3.8) is 0 Å². The van der Waals surface area contributed by atoms with Crippen LogP contribution in [0.15, 0.2) is 45.9 Å². The second-order valence-corrected chi connectivity index (χ2v) is 29.1. The van der Waals surface area contributed by atoms with Crippen LogP contribution < -0.4 is 0 Å². The smallest absolute Gasteiger partial charge is 0.242 e. The Labute approximate surface area is 1480 Å². The molecule has 2 heterocycles. The van der Waals surface area contributed by atoms with Gasteiger partial charge in [0.1, 0.15) is 11.6 Å². The molecule has 26 radical (unpaired) electrons. The molecular formula is C76H124N2O14S10Y26-16. The van der Waals surface area contributed by atoms with Crippen LogP contribution in [0.3, 0.4) is 0 Å². The normalized spacial score (nSPS) is 11.5. The molecule has 0 aromatic heterocycles. The van der Waals surface area contributed by atoms with E-state index >= 15 is 0 Å². The van der Waals surface area contributed by atoms with E-state index in [1.165, 1.54) is 100 Å². The first kappa shape index (κ1) is 263. The quantitative estimate of drug-likeness (QED) is 0.0238. The number of thioether (sulfide) groups is 10. The number of carbonyl (C=O) groups excluding carboxylic acids is 14. The molecule has 2 rings (SSSR count). The van der Waals surface area contributed by atoms with Crippen LogP contribution in [0.1, 0.15) is 118 Å². The van der Waals surface area contributed by atoms with Crippen molar-refractivity contribution in [3.05, 3.63) is 136 Å². The molecular weight excluding hydrogens is 3800 g/mol. The summed E-state index contributed by atoms with van der Waals surface area (Å²) in [5, 5.41) is 6.38. The molecule has 0 aromatic carbocycles. The van der Waals surface area contributed by atoms with Crippen LogP contribution >= 0.6 is 118 Å². The van der Waals surface area contributed by atoms with Crippen LogP contribution in [0.25, 0.3) is 0 Å². The number of carbonyl (C=O) groups is 11. The predicted octanol–water partition coefficient (Wildman–Crippen LogP) is 16.3. The van der Waals surface area contributed by atoms with Gasteiger partial charge in [-0.05, 0) is 140 Å². The van der Waals surface area contributed by atoms with Crippen molar-refractivity contribution in [2.45, 2.75) is 129 Å². The first-order valence-electron chi connectivity index (χ1n) is 31.2. The fourth-order valence-electron chi connectivity index (χ4n) is 6.82. The Balaban J connectivity index is -0.0000000207. The number of hydrogen-bond donors (Lipinski definition) is 0. The van der Waals surface area contributed by atoms with Crippen LogP contribution in [0.5, 0.6) is 0 Å². The van der Waals surface area contributed by atoms with Gasteiger partial charge < -0.3 is 120 Å². The first-order valence-corrected chi connectivity index (χ1v) is 44.5. The number of Topliss-reactive ketones (excluding diaryl/α,β-unsaturated/α-hetero) is 4. The molecule has 2 saturated heterocycles. The van der Waals surface area contributed by atoms with Gasteiger partial charge in [0.05, 0.1) is 10.5 Å². The topological polar surface area (TPSA) is 245 Å². The largest absolute Gasteiger partial charge is 0.542 e. The molecule has 128 heavy (non-hydrogen) atoms. The zero-order valence-corrected chi connectivity index (χ0v) is 162. The van der Waals surface area contributed by atoms with Crippen LogP contribution in [-0.2, 0) is 918 Å². The Morgan fingerprint density at radius 1 is 0.367 bits per heavy atom. The molecule has 0 aromatic rings. The van der Waals surface area contributed by atoms with E-state index in [0.717, 1.165) is 53.6 Å². The first-order chi connectivity index (χ1) is 46.2. The van der Waals surface area contributed by atoms with E-state index in [4.69, 9.17) is 0 Å². The third kappa shape index (κ3) is 179. The maximum absolute atomic E-state index is 11.8. The van der Waals surface area contributed by atoms with E-state index in [0.29, 0.717) is 32.1 Å². The number of likely N-dealkylation sites (tertiary alicyclic amines) is 2. The Hall–Kier alpha value is 25.5. The summed E-state index contributed by atoms with van der Waals surface area (Å²) < 4.78 is 0. The third-order valence-corrected chi connectivity index (χ3v) is 18.6. The molecule has 7 atom stereocenters. The zero-order chi connectivity index (χ0) is 75.4. The Bertz CT molecular complexity index is 2420. The summed E-state index contributed by atoms with van der Waals surface area (Å²) in [4.78, 5) is 157. The van der Waals surface area contributed by atoms with Gasteiger partial charge in [-0.1, -0.05) is 59.8 Å². The second kappa shape index (κ2) is 206. The van der Waals surface area contributed by atoms with Crippen molar-refractivity contribution in [3.8, 4) is 0 Å². The molecule has 2 aliphatic rings. The number of nitrogens with zero attached hydrogens (tertiary/aromatic N) is 2. The predicted molar refractivity (Wildman–Crippen MR) is 460 cm³/mol. The van der Waals surface area contributed by atoms with E-state index in [1.807, 2.05) is 90.9 Å². The third-order valence-electron chi connectivity index (χ3n) is 12.7. The van der Waals surface area contributed by atoms with Gasteiger partial charge in [0.2, 0.25) is 23.6 Å². The summed E-state index contributed by atoms with van der Waals surface area (Å²) in [5.74, 6) is 3.14. The van der Waals surface area contributed by atoms with E-state index in [-0.39, 0.29) is 1030 Å². The van der Waals surface area contributed by atoms with Crippen LogP contribution in [0.2, 0.25) is 0 Å². The molecule has 2 aliphatic heterocycles. The minimum atomic E-state index is -0.303. The van der Waals surface area contributed by atoms with Crippen LogP contribution in [0, 0.1) is 120 Å². The van der Waals surface area contributed by atoms with Crippen LogP contribution in [-0.4, -0.2) is 202 Å². The van der Waals surface area contributed by atoms with E-state index in [1.54, 1.807) is 126 Å². The molecule has 0 saturated carbocycles. The van der Waals surface area contributed by atoms with Crippen molar-refractivity contribution in [1.82, 2.24) is 9.80 Å². The monoisotopic (exact) mass is 3920 g/mol. The summed E-state index contributed by atoms with van der Waals surface area (Å²) in [5.41, 5.74) is 0. The molecule has 4 amide bonds. The average molecular weight is 3920 g/mol. The molecule has 2 unspecified atom stereocenters. The van der Waals surface area contributed by atoms with E-state index in [2.05, 4.69) is 20.8 Å². The molecule has 52 heteroatoms. The van der Waals surface area contributed by atoms with E-state index in [9.17, 15) is 67.1 Å². The fraction of sp³-hybridized carbons (Fsp3) is 0.539. The number of imide groups is 2. The van der Waals surface area contributed by atoms with Crippen molar-refractivity contribution < 1.29 is 918 Å². The fourth-order valence-corrected chi connectivity index (χ4v) is 10.6. The van der Waals surface area contributed by atoms with Gasteiger partial charge in [0.15, 0.2) is 0 Å². The van der Waals surface area contributed by atoms with Crippen LogP contribution in [0.4, 0.5) is 0 Å². The maximum Gasteiger partial charge on any atom is 0.242 e. The van der Waals surface area contributed by atoms with Gasteiger partial charge in [-0.2, -0.15) is 124 Å². The number of allylic oxidation sites excluding steroid dienone is 4. The van der Waals surface area contributed by atoms with Gasteiger partial charge in [0, 0.05) is 900 Å². The Kier molecular flexibility index (Phi) is 422. The second-order valence-electron chi connectivity index (χ2n) is 20.1. The minimum Gasteiger partial charge on any atom is -0.542 e. The molecule has 0 bridgehead atoms. The maximum atomic E-state index is 11.8. The molecule has 676 valence electrons. The van der Waals surface area contributed by atoms with Gasteiger partial charge in [-0.25, -0.2) is 24.1 Å². The average Bonchev–Trinajstić information content (AvgIpc) is 1.70. The standard InChI is InChI=1S/C13H19NO3S.C12H21O2S2.C12H17O2S2.C9H16OS.C9H14OS.C8H10NO3S.C4H7OS.C4H5OS.5CH3.26Y/c1-4-9(2)7-10(15)5-6-14-12(16)8-11(18-3)13(14)17;2*1-4-10(12(14)6-8-16-3)9-11(13)5-7-15-2;2*1-4-8(2)7-9(10)5-6-11-3;1-13-6-5-7(11)9(8(6)12)3-2-4-10;2*1-6-4-2-3-5;;;;;;;;;;;;;;;;;;;;;;;;;;;;;;;/h7,9,11H,2,4-6,8H2,1,3H3;9-10H,4-8H2,1-3H3;5-10H,4H2,1-3H3;7-8H,2,4-6H2,1,3H3;5-8H,2,4H2,1,3H3;6H,2-3,5H2,1H3;2,4H2,1H3;2,4H,1H3;5*1H3;;;;;;;;;;;;;;;;;;;;;;;;;;/q-2;2*-1;2*-2;8*-1;;;;;;;;;;;;;;;;;;;;;;;;;;/b;;7-5+,8-6+;;6-5+;;;4-2+;;;;;;;;;;;;;;;;;;;;;;;;;;;;;;;/t9-,11?;2*10-;2*8-;;;;;;;;;;;;;;;;;;;;;;;;;;;;;;;;;;/m11011................................../s1. The van der Waals surface area contributed by atoms with Crippen molar-refractivity contribution in [2.75, 3.05) is 98.7 Å². The summed E-state index contributed by atoms with van der Waals surface area (Å²) in [6.45, 7) is 21.7. The SMILES string of the molecule is CC[C@@H]([CH-]C(=O)/C=C/SC)C(=O)/C=C/SC.CC[C@H]([CH-]C(=O)CCSC)C(=O)CCSC.CS/C=C/[C-]=O.CSC1CC(=O)N(CC[C-]=O)C1=O.CSCC[C-]=O.[CH2-][C@@H]([CH-]C(=O)/C=C/SC)CC.[CH2-][C@@H]([CH-]C(=O)CCN1C(=O)CC(SC)C1=O)CC.[CH2-][C@@H]([CH-]C(=O)CCSC)CC.[CH3-].[CH3-].[CH3-].[CH3-].[CH3-].[Y].[Y].[Y].[Y].[Y].[Y].[Y].[Y].[Y].[Y].[Y].[Y].[Y].[Y].[Y].[Y].[Y].[Y].[Y].[Y].[Y].[Y].[Y].[Y].[Y].[Y]. The summed E-state index contributed by atoms with van der Waals surface area (Å²) in [7, 11) is 0. The van der Waals surface area contributed by atoms with Gasteiger partial charge in [-0.3, -0.25) is 58.2 Å². The molecule has 2 fully saturated rings. The minimum absolute atomic E-state index is 0. The zero-order valence-electron chi connectivity index (χ0n) is 79.8. The Morgan fingerprint density at radius 2 is 0.656 bits per heavy atom. The summed E-state index contributed by atoms with van der Waals surface area (Å²) in [6, 6.07) is 0. The summed E-state index contributed by atoms with van der Waals surface area (Å²) in [6.07, 6.45) is 45.4. The Morgan fingerprint density at radius 3 is 0.922 bits per heavy atom. The van der Waals surface area contributed by atoms with Gasteiger partial charge in [-0.15, -0.1) is 48.3 Å². The van der Waals surface area contributed by atoms with E-state index < -0.39 is 0 Å².